The molecule has 0 radical (unpaired) electrons. The molecule has 0 aliphatic carbocycles. The maximum atomic E-state index is 13.7. The van der Waals surface area contributed by atoms with E-state index in [-0.39, 0.29) is 17.3 Å². The Morgan fingerprint density at radius 3 is 2.68 bits per heavy atom. The number of anilines is 1. The number of hydrogen-bond acceptors (Lipinski definition) is 4. The molecule has 2 rings (SSSR count). The third-order valence-electron chi connectivity index (χ3n) is 2.41. The van der Waals surface area contributed by atoms with Gasteiger partial charge in [0.2, 0.25) is 0 Å². The summed E-state index contributed by atoms with van der Waals surface area (Å²) in [5.74, 6) is -2.38. The first-order valence-electron chi connectivity index (χ1n) is 5.38. The molecule has 0 saturated heterocycles. The smallest absolute Gasteiger partial charge is 0.271 e. The lowest BCUT2D eigenvalue weighted by Crippen LogP contribution is -2.18. The first kappa shape index (κ1) is 12.9. The molecule has 0 aliphatic rings. The highest BCUT2D eigenvalue weighted by molar-refractivity contribution is 5.91. The largest absolute Gasteiger partial charge is 0.371 e. The van der Waals surface area contributed by atoms with Crippen LogP contribution in [-0.4, -0.2) is 34.8 Å². The fraction of sp³-hybridized carbons (Fsp3) is 0.182. The number of nitrogens with one attached hydrogen (secondary N) is 2. The Balaban J connectivity index is 2.47. The normalized spacial score (nSPS) is 10.3. The van der Waals surface area contributed by atoms with E-state index >= 15 is 0 Å². The standard InChI is InChI=1S/C11H11F2N5O/c1-14-9-6(12)5-7(13)10(16-9)18-4-3-8(17-18)11(19)15-2/h3-5H,1-2H3,(H,14,16)(H,15,19). The molecule has 2 heterocycles. The maximum absolute atomic E-state index is 13.7. The Bertz CT molecular complexity index is 626. The molecular weight excluding hydrogens is 256 g/mol. The summed E-state index contributed by atoms with van der Waals surface area (Å²) in [5.41, 5.74) is 0.110. The van der Waals surface area contributed by atoms with Crippen molar-refractivity contribution in [2.45, 2.75) is 0 Å². The topological polar surface area (TPSA) is 71.8 Å². The van der Waals surface area contributed by atoms with Gasteiger partial charge in [-0.15, -0.1) is 0 Å². The van der Waals surface area contributed by atoms with Gasteiger partial charge in [0, 0.05) is 26.4 Å². The van der Waals surface area contributed by atoms with Gasteiger partial charge in [-0.3, -0.25) is 4.79 Å². The molecule has 0 fully saturated rings. The Morgan fingerprint density at radius 1 is 1.32 bits per heavy atom. The van der Waals surface area contributed by atoms with Gasteiger partial charge in [-0.2, -0.15) is 5.10 Å². The van der Waals surface area contributed by atoms with Crippen molar-refractivity contribution < 1.29 is 13.6 Å². The fourth-order valence-corrected chi connectivity index (χ4v) is 1.48. The Kier molecular flexibility index (Phi) is 3.41. The van der Waals surface area contributed by atoms with Crippen LogP contribution in [0.4, 0.5) is 14.6 Å². The first-order chi connectivity index (χ1) is 9.06. The number of carbonyl (C=O) groups is 1. The molecule has 0 aromatic carbocycles. The molecule has 0 aliphatic heterocycles. The van der Waals surface area contributed by atoms with Crippen LogP contribution in [0.5, 0.6) is 0 Å². The van der Waals surface area contributed by atoms with E-state index in [9.17, 15) is 13.6 Å². The van der Waals surface area contributed by atoms with Crippen LogP contribution < -0.4 is 10.6 Å². The molecular formula is C11H11F2N5O. The summed E-state index contributed by atoms with van der Waals surface area (Å²) in [6.07, 6.45) is 1.37. The molecule has 0 bridgehead atoms. The molecule has 6 nitrogen and oxygen atoms in total. The number of carbonyl (C=O) groups excluding carboxylic acids is 1. The van der Waals surface area contributed by atoms with Crippen molar-refractivity contribution in [1.82, 2.24) is 20.1 Å². The number of aromatic nitrogens is 3. The van der Waals surface area contributed by atoms with Gasteiger partial charge in [0.25, 0.3) is 5.91 Å². The van der Waals surface area contributed by atoms with Crippen LogP contribution in [0.1, 0.15) is 10.5 Å². The van der Waals surface area contributed by atoms with Crippen LogP contribution in [0.3, 0.4) is 0 Å². The van der Waals surface area contributed by atoms with E-state index in [4.69, 9.17) is 0 Å². The van der Waals surface area contributed by atoms with Crippen LogP contribution in [0.2, 0.25) is 0 Å². The second-order valence-electron chi connectivity index (χ2n) is 3.60. The van der Waals surface area contributed by atoms with Gasteiger partial charge in [-0.05, 0) is 6.07 Å². The van der Waals surface area contributed by atoms with Crippen molar-refractivity contribution in [3.63, 3.8) is 0 Å². The van der Waals surface area contributed by atoms with E-state index in [1.807, 2.05) is 0 Å². The molecule has 0 atom stereocenters. The van der Waals surface area contributed by atoms with Gasteiger partial charge >= 0.3 is 0 Å². The lowest BCUT2D eigenvalue weighted by molar-refractivity contribution is 0.0957. The second-order valence-corrected chi connectivity index (χ2v) is 3.60. The number of pyridine rings is 1. The summed E-state index contributed by atoms with van der Waals surface area (Å²) in [6.45, 7) is 0. The summed E-state index contributed by atoms with van der Waals surface area (Å²) in [5, 5.41) is 8.76. The van der Waals surface area contributed by atoms with Gasteiger partial charge in [0.1, 0.15) is 0 Å². The van der Waals surface area contributed by atoms with E-state index < -0.39 is 17.5 Å². The lowest BCUT2D eigenvalue weighted by Gasteiger charge is -2.06. The second kappa shape index (κ2) is 5.01. The highest BCUT2D eigenvalue weighted by atomic mass is 19.1. The zero-order valence-electron chi connectivity index (χ0n) is 10.2. The fourth-order valence-electron chi connectivity index (χ4n) is 1.48. The first-order valence-corrected chi connectivity index (χ1v) is 5.38. The highest BCUT2D eigenvalue weighted by Gasteiger charge is 2.15. The van der Waals surface area contributed by atoms with Crippen molar-refractivity contribution in [2.75, 3.05) is 19.4 Å². The molecule has 0 saturated carbocycles. The van der Waals surface area contributed by atoms with Crippen LogP contribution in [0.25, 0.3) is 5.82 Å². The van der Waals surface area contributed by atoms with E-state index in [0.29, 0.717) is 6.07 Å². The van der Waals surface area contributed by atoms with Gasteiger partial charge in [-0.25, -0.2) is 18.4 Å². The lowest BCUT2D eigenvalue weighted by atomic mass is 10.4. The van der Waals surface area contributed by atoms with Gasteiger partial charge in [0.05, 0.1) is 0 Å². The predicted octanol–water partition coefficient (Wildman–Crippen LogP) is 0.947. The van der Waals surface area contributed by atoms with Gasteiger partial charge < -0.3 is 10.6 Å². The SMILES string of the molecule is CNC(=O)c1ccn(-c2nc(NC)c(F)cc2F)n1. The summed E-state index contributed by atoms with van der Waals surface area (Å²) in [7, 11) is 2.92. The van der Waals surface area contributed by atoms with Crippen LogP contribution in [0.15, 0.2) is 18.3 Å². The van der Waals surface area contributed by atoms with Crippen LogP contribution in [0, 0.1) is 11.6 Å². The average Bonchev–Trinajstić information content (AvgIpc) is 2.87. The summed E-state index contributed by atoms with van der Waals surface area (Å²) >= 11 is 0. The Morgan fingerprint density at radius 2 is 2.05 bits per heavy atom. The molecule has 1 amide bonds. The minimum atomic E-state index is -0.872. The van der Waals surface area contributed by atoms with Crippen LogP contribution >= 0.6 is 0 Å². The molecule has 2 N–H and O–H groups in total. The van der Waals surface area contributed by atoms with Gasteiger partial charge in [0.15, 0.2) is 29.0 Å². The van der Waals surface area contributed by atoms with E-state index in [1.165, 1.54) is 26.4 Å². The number of nitrogens with zero attached hydrogens (tertiary/aromatic N) is 3. The van der Waals surface area contributed by atoms with E-state index in [1.54, 1.807) is 0 Å². The molecule has 2 aromatic heterocycles. The Hall–Kier alpha value is -2.51. The van der Waals surface area contributed by atoms with Crippen molar-refractivity contribution in [3.8, 4) is 5.82 Å². The number of amides is 1. The third kappa shape index (κ3) is 2.37. The third-order valence-corrected chi connectivity index (χ3v) is 2.41. The average molecular weight is 267 g/mol. The minimum Gasteiger partial charge on any atom is -0.371 e. The summed E-state index contributed by atoms with van der Waals surface area (Å²) in [6, 6.07) is 2.11. The zero-order valence-corrected chi connectivity index (χ0v) is 10.2. The molecule has 2 aromatic rings. The number of hydrogen-bond donors (Lipinski definition) is 2. The van der Waals surface area contributed by atoms with E-state index in [2.05, 4.69) is 20.7 Å². The number of rotatable bonds is 3. The minimum absolute atomic E-state index is 0.103. The molecule has 0 unspecified atom stereocenters. The highest BCUT2D eigenvalue weighted by Crippen LogP contribution is 2.17. The molecule has 100 valence electrons. The molecule has 8 heteroatoms. The summed E-state index contributed by atoms with van der Waals surface area (Å²) in [4.78, 5) is 15.1. The number of halogens is 2. The maximum Gasteiger partial charge on any atom is 0.271 e. The monoisotopic (exact) mass is 267 g/mol. The van der Waals surface area contributed by atoms with E-state index in [0.717, 1.165) is 4.68 Å². The van der Waals surface area contributed by atoms with Gasteiger partial charge in [-0.1, -0.05) is 0 Å². The molecule has 0 spiro atoms. The van der Waals surface area contributed by atoms with Crippen LogP contribution in [-0.2, 0) is 0 Å². The van der Waals surface area contributed by atoms with Crippen molar-refractivity contribution in [1.29, 1.82) is 0 Å². The quantitative estimate of drug-likeness (QED) is 0.868. The van der Waals surface area contributed by atoms with Crippen molar-refractivity contribution in [2.24, 2.45) is 0 Å². The Labute approximate surface area is 107 Å². The predicted molar refractivity (Wildman–Crippen MR) is 64.2 cm³/mol. The van der Waals surface area contributed by atoms with Crippen molar-refractivity contribution in [3.05, 3.63) is 35.7 Å². The molecule has 19 heavy (non-hydrogen) atoms. The zero-order chi connectivity index (χ0) is 14.0. The summed E-state index contributed by atoms with van der Waals surface area (Å²) < 4.78 is 28.0. The van der Waals surface area contributed by atoms with Crippen molar-refractivity contribution >= 4 is 11.7 Å².